The largest absolute Gasteiger partial charge is 0.491 e. The Kier molecular flexibility index (Phi) is 11.8. The van der Waals surface area contributed by atoms with Crippen molar-refractivity contribution in [2.75, 3.05) is 69.0 Å². The summed E-state index contributed by atoms with van der Waals surface area (Å²) in [4.78, 5) is 42.9. The van der Waals surface area contributed by atoms with Crippen molar-refractivity contribution in [1.29, 1.82) is 0 Å². The van der Waals surface area contributed by atoms with Crippen LogP contribution in [0.15, 0.2) is 54.6 Å². The zero-order valence-corrected chi connectivity index (χ0v) is 26.4. The van der Waals surface area contributed by atoms with Crippen LogP contribution < -0.4 is 26.8 Å². The van der Waals surface area contributed by atoms with Gasteiger partial charge in [0.25, 0.3) is 11.8 Å². The number of likely N-dealkylation sites (N-methyl/N-ethyl adjacent to an activating group) is 1. The van der Waals surface area contributed by atoms with E-state index in [0.717, 1.165) is 51.0 Å². The number of amides is 3. The standard InChI is InChI=1S/C34H44N6O5/c1-23-11-13-29(30(20-23)45-19-6-4-5-10-31(41)40-17-15-39(2)16-18-40)38-33(42)24-12-14-28(25(21-24)22-44-3)37-34(43)26-8-7-9-27(35)32(26)36/h7-9,11-14,20-21H,4-6,10,15-19,22,35-36H2,1-3H3,(H,37,43)(H,38,42). The van der Waals surface area contributed by atoms with E-state index < -0.39 is 5.91 Å². The van der Waals surface area contributed by atoms with Crippen LogP contribution in [0.1, 0.15) is 57.5 Å². The molecule has 3 amide bonds. The van der Waals surface area contributed by atoms with Gasteiger partial charge in [0.1, 0.15) is 5.75 Å². The van der Waals surface area contributed by atoms with Gasteiger partial charge >= 0.3 is 0 Å². The van der Waals surface area contributed by atoms with Crippen LogP contribution in [0.3, 0.4) is 0 Å². The Balaban J connectivity index is 1.33. The Labute approximate surface area is 264 Å². The Bertz CT molecular complexity index is 1500. The summed E-state index contributed by atoms with van der Waals surface area (Å²) in [7, 11) is 3.61. The Morgan fingerprint density at radius 3 is 2.36 bits per heavy atom. The number of para-hydroxylation sites is 1. The van der Waals surface area contributed by atoms with Gasteiger partial charge in [0.2, 0.25) is 5.91 Å². The van der Waals surface area contributed by atoms with Gasteiger partial charge in [-0.1, -0.05) is 12.1 Å². The summed E-state index contributed by atoms with van der Waals surface area (Å²) < 4.78 is 11.4. The van der Waals surface area contributed by atoms with Gasteiger partial charge in [-0.15, -0.1) is 0 Å². The zero-order chi connectivity index (χ0) is 32.3. The maximum Gasteiger partial charge on any atom is 0.257 e. The molecule has 45 heavy (non-hydrogen) atoms. The van der Waals surface area contributed by atoms with E-state index in [1.807, 2.05) is 30.0 Å². The molecule has 1 saturated heterocycles. The Morgan fingerprint density at radius 2 is 1.60 bits per heavy atom. The first-order valence-corrected chi connectivity index (χ1v) is 15.2. The minimum atomic E-state index is -0.419. The van der Waals surface area contributed by atoms with Crippen molar-refractivity contribution in [2.45, 2.75) is 39.2 Å². The minimum absolute atomic E-state index is 0.170. The van der Waals surface area contributed by atoms with E-state index in [1.165, 1.54) is 7.11 Å². The number of nitrogens with two attached hydrogens (primary N) is 2. The number of piperazine rings is 1. The van der Waals surface area contributed by atoms with E-state index in [-0.39, 0.29) is 29.7 Å². The smallest absolute Gasteiger partial charge is 0.257 e. The van der Waals surface area contributed by atoms with Gasteiger partial charge in [-0.2, -0.15) is 0 Å². The lowest BCUT2D eigenvalue weighted by molar-refractivity contribution is -0.132. The van der Waals surface area contributed by atoms with Crippen LogP contribution in [-0.4, -0.2) is 74.5 Å². The molecule has 0 saturated carbocycles. The molecule has 0 spiro atoms. The van der Waals surface area contributed by atoms with Gasteiger partial charge in [0.15, 0.2) is 0 Å². The van der Waals surface area contributed by atoms with E-state index in [0.29, 0.717) is 47.0 Å². The molecule has 4 rings (SSSR count). The number of methoxy groups -OCH3 is 1. The number of benzene rings is 3. The van der Waals surface area contributed by atoms with Crippen molar-refractivity contribution >= 4 is 40.5 Å². The van der Waals surface area contributed by atoms with E-state index in [2.05, 4.69) is 22.6 Å². The van der Waals surface area contributed by atoms with Gasteiger partial charge in [-0.05, 0) is 81.3 Å². The SMILES string of the molecule is COCc1cc(C(=O)Nc2ccc(C)cc2OCCCCCC(=O)N2CCN(C)CC2)ccc1NC(=O)c1cccc(N)c1N. The molecule has 0 radical (unpaired) electrons. The number of nitrogen functional groups attached to an aromatic ring is 2. The fourth-order valence-electron chi connectivity index (χ4n) is 5.10. The maximum absolute atomic E-state index is 13.3. The summed E-state index contributed by atoms with van der Waals surface area (Å²) >= 11 is 0. The number of carbonyl (C=O) groups excluding carboxylic acids is 3. The quantitative estimate of drug-likeness (QED) is 0.162. The first-order valence-electron chi connectivity index (χ1n) is 15.2. The van der Waals surface area contributed by atoms with Crippen LogP contribution in [0.5, 0.6) is 5.75 Å². The van der Waals surface area contributed by atoms with Crippen LogP contribution >= 0.6 is 0 Å². The first kappa shape index (κ1) is 33.3. The van der Waals surface area contributed by atoms with Crippen LogP contribution in [-0.2, 0) is 16.1 Å². The van der Waals surface area contributed by atoms with Crippen LogP contribution in [0.2, 0.25) is 0 Å². The zero-order valence-electron chi connectivity index (χ0n) is 26.4. The summed E-state index contributed by atoms with van der Waals surface area (Å²) in [5.74, 6) is 0.0549. The number of nitrogens with zero attached hydrogens (tertiary/aromatic N) is 2. The molecule has 0 aliphatic carbocycles. The molecule has 6 N–H and O–H groups in total. The maximum atomic E-state index is 13.3. The van der Waals surface area contributed by atoms with E-state index in [9.17, 15) is 14.4 Å². The van der Waals surface area contributed by atoms with Gasteiger partial charge in [0.05, 0.1) is 35.8 Å². The van der Waals surface area contributed by atoms with Crippen LogP contribution in [0.4, 0.5) is 22.7 Å². The number of carbonyl (C=O) groups is 3. The fourth-order valence-corrected chi connectivity index (χ4v) is 5.10. The van der Waals surface area contributed by atoms with Crippen molar-refractivity contribution in [3.63, 3.8) is 0 Å². The molecule has 0 aromatic heterocycles. The second kappa shape index (κ2) is 15.9. The third-order valence-electron chi connectivity index (χ3n) is 7.83. The molecule has 11 heteroatoms. The van der Waals surface area contributed by atoms with Crippen LogP contribution in [0.25, 0.3) is 0 Å². The molecule has 0 unspecified atom stereocenters. The lowest BCUT2D eigenvalue weighted by atomic mass is 10.1. The second-order valence-corrected chi connectivity index (χ2v) is 11.4. The highest BCUT2D eigenvalue weighted by Crippen LogP contribution is 2.28. The van der Waals surface area contributed by atoms with Crippen molar-refractivity contribution in [2.24, 2.45) is 0 Å². The van der Waals surface area contributed by atoms with Crippen LogP contribution in [0, 0.1) is 6.92 Å². The molecule has 1 heterocycles. The lowest BCUT2D eigenvalue weighted by Gasteiger charge is -2.32. The monoisotopic (exact) mass is 616 g/mol. The normalized spacial score (nSPS) is 13.4. The summed E-state index contributed by atoms with van der Waals surface area (Å²) in [6.45, 7) is 6.05. The van der Waals surface area contributed by atoms with Crippen molar-refractivity contribution in [3.05, 3.63) is 76.9 Å². The molecular formula is C34H44N6O5. The highest BCUT2D eigenvalue weighted by Gasteiger charge is 2.19. The van der Waals surface area contributed by atoms with E-state index in [1.54, 1.807) is 36.4 Å². The summed E-state index contributed by atoms with van der Waals surface area (Å²) in [6.07, 6.45) is 3.05. The predicted molar refractivity (Wildman–Crippen MR) is 178 cm³/mol. The third kappa shape index (κ3) is 9.19. The first-order chi connectivity index (χ1) is 21.7. The van der Waals surface area contributed by atoms with Gasteiger partial charge in [-0.25, -0.2) is 0 Å². The number of hydrogen-bond acceptors (Lipinski definition) is 8. The molecule has 3 aromatic rings. The topological polar surface area (TPSA) is 152 Å². The number of aryl methyl sites for hydroxylation is 1. The number of nitrogens with one attached hydrogen (secondary N) is 2. The molecule has 1 fully saturated rings. The highest BCUT2D eigenvalue weighted by atomic mass is 16.5. The summed E-state index contributed by atoms with van der Waals surface area (Å²) in [5.41, 5.74) is 15.7. The van der Waals surface area contributed by atoms with E-state index in [4.69, 9.17) is 20.9 Å². The van der Waals surface area contributed by atoms with Crippen molar-refractivity contribution in [1.82, 2.24) is 9.80 Å². The van der Waals surface area contributed by atoms with Crippen molar-refractivity contribution < 1.29 is 23.9 Å². The number of unbranched alkanes of at least 4 members (excludes halogenated alkanes) is 2. The third-order valence-corrected chi connectivity index (χ3v) is 7.83. The molecule has 0 atom stereocenters. The van der Waals surface area contributed by atoms with Gasteiger partial charge in [-0.3, -0.25) is 14.4 Å². The second-order valence-electron chi connectivity index (χ2n) is 11.4. The van der Waals surface area contributed by atoms with E-state index >= 15 is 0 Å². The molecular weight excluding hydrogens is 572 g/mol. The molecule has 1 aliphatic rings. The summed E-state index contributed by atoms with van der Waals surface area (Å²) in [6, 6.07) is 15.5. The molecule has 3 aromatic carbocycles. The molecule has 11 nitrogen and oxygen atoms in total. The predicted octanol–water partition coefficient (Wildman–Crippen LogP) is 4.52. The fraction of sp³-hybridized carbons (Fsp3) is 0.382. The molecule has 1 aliphatic heterocycles. The highest BCUT2D eigenvalue weighted by molar-refractivity contribution is 6.10. The molecule has 240 valence electrons. The van der Waals surface area contributed by atoms with Gasteiger partial charge < -0.3 is 41.4 Å². The lowest BCUT2D eigenvalue weighted by Crippen LogP contribution is -2.47. The minimum Gasteiger partial charge on any atom is -0.491 e. The molecule has 0 bridgehead atoms. The van der Waals surface area contributed by atoms with Gasteiger partial charge in [0, 0.05) is 56.5 Å². The number of ether oxygens (including phenoxy) is 2. The number of rotatable bonds is 13. The number of anilines is 4. The number of hydrogen-bond donors (Lipinski definition) is 4. The Hall–Kier alpha value is -4.61. The summed E-state index contributed by atoms with van der Waals surface area (Å²) in [5, 5.41) is 5.80. The Morgan fingerprint density at radius 1 is 0.867 bits per heavy atom. The van der Waals surface area contributed by atoms with Crippen molar-refractivity contribution in [3.8, 4) is 5.75 Å². The average molecular weight is 617 g/mol. The average Bonchev–Trinajstić information content (AvgIpc) is 3.02.